The van der Waals surface area contributed by atoms with E-state index in [0.717, 1.165) is 21.2 Å². The molecule has 0 unspecified atom stereocenters. The lowest BCUT2D eigenvalue weighted by molar-refractivity contribution is 1.41. The number of hydrogen-bond acceptors (Lipinski definition) is 0. The molecule has 16 heavy (non-hydrogen) atoms. The molecule has 2 heteroatoms. The van der Waals surface area contributed by atoms with E-state index in [-0.39, 0.29) is 0 Å². The smallest absolute Gasteiger partial charge is 0.0441 e. The van der Waals surface area contributed by atoms with Crippen LogP contribution >= 0.6 is 23.2 Å². The molecule has 0 spiro atoms. The van der Waals surface area contributed by atoms with Crippen molar-refractivity contribution >= 4 is 23.2 Å². The van der Waals surface area contributed by atoms with E-state index in [1.807, 2.05) is 37.3 Å². The first kappa shape index (κ1) is 11.5. The third kappa shape index (κ3) is 2.09. The minimum absolute atomic E-state index is 0.765. The van der Waals surface area contributed by atoms with Crippen molar-refractivity contribution in [3.05, 3.63) is 57.6 Å². The standard InChI is InChI=1S/C14H12Cl2/c1-9-8-11(15)6-7-12(9)13-4-3-5-14(16)10(13)2/h3-8H,1-2H3. The molecule has 0 saturated carbocycles. The van der Waals surface area contributed by atoms with Gasteiger partial charge in [0, 0.05) is 10.0 Å². The largest absolute Gasteiger partial charge is 0.0843 e. The molecule has 0 aliphatic heterocycles. The van der Waals surface area contributed by atoms with Crippen molar-refractivity contribution in [1.29, 1.82) is 0 Å². The fourth-order valence-electron chi connectivity index (χ4n) is 1.83. The van der Waals surface area contributed by atoms with Crippen LogP contribution in [0.25, 0.3) is 11.1 Å². The zero-order valence-electron chi connectivity index (χ0n) is 9.22. The number of benzene rings is 2. The molecular weight excluding hydrogens is 239 g/mol. The lowest BCUT2D eigenvalue weighted by Gasteiger charge is -2.10. The Labute approximate surface area is 106 Å². The fraction of sp³-hybridized carbons (Fsp3) is 0.143. The van der Waals surface area contributed by atoms with Gasteiger partial charge in [-0.1, -0.05) is 41.4 Å². The fourth-order valence-corrected chi connectivity index (χ4v) is 2.23. The molecule has 82 valence electrons. The maximum atomic E-state index is 6.12. The van der Waals surface area contributed by atoms with Crippen LogP contribution in [0.5, 0.6) is 0 Å². The number of halogens is 2. The number of hydrogen-bond donors (Lipinski definition) is 0. The van der Waals surface area contributed by atoms with Gasteiger partial charge >= 0.3 is 0 Å². The predicted octanol–water partition coefficient (Wildman–Crippen LogP) is 5.28. The van der Waals surface area contributed by atoms with Gasteiger partial charge in [-0.2, -0.15) is 0 Å². The summed E-state index contributed by atoms with van der Waals surface area (Å²) in [6.45, 7) is 4.09. The van der Waals surface area contributed by atoms with Crippen molar-refractivity contribution < 1.29 is 0 Å². The van der Waals surface area contributed by atoms with Crippen LogP contribution in [-0.4, -0.2) is 0 Å². The van der Waals surface area contributed by atoms with Gasteiger partial charge in [-0.3, -0.25) is 0 Å². The molecule has 0 aliphatic rings. The Morgan fingerprint density at radius 3 is 2.31 bits per heavy atom. The quantitative estimate of drug-likeness (QED) is 0.647. The van der Waals surface area contributed by atoms with E-state index >= 15 is 0 Å². The Balaban J connectivity index is 2.63. The van der Waals surface area contributed by atoms with Crippen molar-refractivity contribution in [1.82, 2.24) is 0 Å². The zero-order valence-corrected chi connectivity index (χ0v) is 10.7. The van der Waals surface area contributed by atoms with Gasteiger partial charge in [0.15, 0.2) is 0 Å². The van der Waals surface area contributed by atoms with Gasteiger partial charge in [0.2, 0.25) is 0 Å². The third-order valence-electron chi connectivity index (χ3n) is 2.75. The van der Waals surface area contributed by atoms with Gasteiger partial charge in [0.1, 0.15) is 0 Å². The Morgan fingerprint density at radius 1 is 0.875 bits per heavy atom. The maximum Gasteiger partial charge on any atom is 0.0441 e. The van der Waals surface area contributed by atoms with Gasteiger partial charge in [-0.25, -0.2) is 0 Å². The van der Waals surface area contributed by atoms with E-state index in [1.165, 1.54) is 11.1 Å². The van der Waals surface area contributed by atoms with Crippen molar-refractivity contribution in [3.8, 4) is 11.1 Å². The van der Waals surface area contributed by atoms with Gasteiger partial charge in [0.25, 0.3) is 0 Å². The Hall–Kier alpha value is -0.980. The maximum absolute atomic E-state index is 6.12. The van der Waals surface area contributed by atoms with Crippen LogP contribution in [0.3, 0.4) is 0 Å². The topological polar surface area (TPSA) is 0 Å². The van der Waals surface area contributed by atoms with E-state index in [4.69, 9.17) is 23.2 Å². The van der Waals surface area contributed by atoms with E-state index in [1.54, 1.807) is 0 Å². The molecule has 2 aromatic carbocycles. The Kier molecular flexibility index (Phi) is 3.22. The summed E-state index contributed by atoms with van der Waals surface area (Å²) >= 11 is 12.1. The van der Waals surface area contributed by atoms with Crippen LogP contribution in [0.4, 0.5) is 0 Å². The second-order valence-electron chi connectivity index (χ2n) is 3.87. The first-order valence-corrected chi connectivity index (χ1v) is 5.87. The molecule has 0 aliphatic carbocycles. The number of aryl methyl sites for hydroxylation is 1. The summed E-state index contributed by atoms with van der Waals surface area (Å²) in [5.41, 5.74) is 4.62. The second kappa shape index (κ2) is 4.48. The molecule has 0 aromatic heterocycles. The van der Waals surface area contributed by atoms with Crippen LogP contribution in [0.15, 0.2) is 36.4 Å². The zero-order chi connectivity index (χ0) is 11.7. The monoisotopic (exact) mass is 250 g/mol. The minimum atomic E-state index is 0.765. The normalized spacial score (nSPS) is 10.5. The summed E-state index contributed by atoms with van der Waals surface area (Å²) in [5.74, 6) is 0. The summed E-state index contributed by atoms with van der Waals surface area (Å²) in [4.78, 5) is 0. The van der Waals surface area contributed by atoms with E-state index < -0.39 is 0 Å². The summed E-state index contributed by atoms with van der Waals surface area (Å²) in [7, 11) is 0. The van der Waals surface area contributed by atoms with Crippen LogP contribution in [0.2, 0.25) is 10.0 Å². The Bertz CT molecular complexity index is 530. The first-order chi connectivity index (χ1) is 7.59. The van der Waals surface area contributed by atoms with Crippen LogP contribution in [0.1, 0.15) is 11.1 Å². The molecule has 0 radical (unpaired) electrons. The van der Waals surface area contributed by atoms with Crippen LogP contribution in [-0.2, 0) is 0 Å². The van der Waals surface area contributed by atoms with Crippen LogP contribution in [0, 0.1) is 13.8 Å². The molecule has 0 saturated heterocycles. The van der Waals surface area contributed by atoms with Crippen molar-refractivity contribution in [2.75, 3.05) is 0 Å². The highest BCUT2D eigenvalue weighted by Crippen LogP contribution is 2.31. The molecular formula is C14H12Cl2. The molecule has 0 nitrogen and oxygen atoms in total. The van der Waals surface area contributed by atoms with E-state index in [0.29, 0.717) is 0 Å². The van der Waals surface area contributed by atoms with Gasteiger partial charge < -0.3 is 0 Å². The highest BCUT2D eigenvalue weighted by Gasteiger charge is 2.07. The van der Waals surface area contributed by atoms with E-state index in [2.05, 4.69) is 13.0 Å². The summed E-state index contributed by atoms with van der Waals surface area (Å²) in [6.07, 6.45) is 0. The van der Waals surface area contributed by atoms with Crippen molar-refractivity contribution in [2.45, 2.75) is 13.8 Å². The predicted molar refractivity (Wildman–Crippen MR) is 71.4 cm³/mol. The summed E-state index contributed by atoms with van der Waals surface area (Å²) < 4.78 is 0. The number of rotatable bonds is 1. The molecule has 0 N–H and O–H groups in total. The third-order valence-corrected chi connectivity index (χ3v) is 3.39. The molecule has 0 atom stereocenters. The van der Waals surface area contributed by atoms with Crippen molar-refractivity contribution in [2.24, 2.45) is 0 Å². The molecule has 2 aromatic rings. The SMILES string of the molecule is Cc1cc(Cl)ccc1-c1cccc(Cl)c1C. The molecule has 0 fully saturated rings. The lowest BCUT2D eigenvalue weighted by Crippen LogP contribution is -1.87. The Morgan fingerprint density at radius 2 is 1.62 bits per heavy atom. The first-order valence-electron chi connectivity index (χ1n) is 5.11. The average Bonchev–Trinajstić information content (AvgIpc) is 2.23. The van der Waals surface area contributed by atoms with Gasteiger partial charge in [-0.05, 0) is 54.3 Å². The van der Waals surface area contributed by atoms with E-state index in [9.17, 15) is 0 Å². The summed E-state index contributed by atoms with van der Waals surface area (Å²) in [5, 5.41) is 1.56. The van der Waals surface area contributed by atoms with Gasteiger partial charge in [-0.15, -0.1) is 0 Å². The highest BCUT2D eigenvalue weighted by atomic mass is 35.5. The molecule has 0 bridgehead atoms. The van der Waals surface area contributed by atoms with Crippen molar-refractivity contribution in [3.63, 3.8) is 0 Å². The lowest BCUT2D eigenvalue weighted by atomic mass is 9.97. The minimum Gasteiger partial charge on any atom is -0.0843 e. The molecule has 0 heterocycles. The average molecular weight is 251 g/mol. The highest BCUT2D eigenvalue weighted by molar-refractivity contribution is 6.32. The molecule has 2 rings (SSSR count). The molecule has 0 amide bonds. The van der Waals surface area contributed by atoms with Crippen LogP contribution < -0.4 is 0 Å². The summed E-state index contributed by atoms with van der Waals surface area (Å²) in [6, 6.07) is 11.9. The second-order valence-corrected chi connectivity index (χ2v) is 4.72. The van der Waals surface area contributed by atoms with Gasteiger partial charge in [0.05, 0.1) is 0 Å².